The SMILES string of the molecule is CCOC(=O)c1c(N2C(=O)[C@@H]3[C@@H](c4ccc(Cl)cc4Cl)N(c4ccccc4C)O[C@H]3C2=O)sc(C)c1C. The van der Waals surface area contributed by atoms with Gasteiger partial charge in [-0.2, -0.15) is 0 Å². The highest BCUT2D eigenvalue weighted by atomic mass is 35.5. The molecule has 2 fully saturated rings. The molecule has 0 N–H and O–H groups in total. The number of aryl methyl sites for hydroxylation is 2. The predicted octanol–water partition coefficient (Wildman–Crippen LogP) is 6.21. The highest BCUT2D eigenvalue weighted by Crippen LogP contribution is 2.51. The first-order valence-corrected chi connectivity index (χ1v) is 13.3. The van der Waals surface area contributed by atoms with Crippen molar-refractivity contribution in [1.29, 1.82) is 0 Å². The third kappa shape index (κ3) is 4.12. The number of ether oxygens (including phenoxy) is 1. The van der Waals surface area contributed by atoms with Crippen molar-refractivity contribution in [1.82, 2.24) is 0 Å². The first kappa shape index (κ1) is 25.7. The average Bonchev–Trinajstić information content (AvgIpc) is 3.45. The number of amides is 2. The molecular formula is C27H24Cl2N2O5S. The van der Waals surface area contributed by atoms with E-state index in [2.05, 4.69) is 0 Å². The Morgan fingerprint density at radius 3 is 2.49 bits per heavy atom. The Morgan fingerprint density at radius 1 is 1.08 bits per heavy atom. The Hall–Kier alpha value is -2.91. The van der Waals surface area contributed by atoms with E-state index in [-0.39, 0.29) is 17.2 Å². The van der Waals surface area contributed by atoms with Gasteiger partial charge in [0.15, 0.2) is 6.10 Å². The molecule has 2 aliphatic rings. The van der Waals surface area contributed by atoms with Gasteiger partial charge in [-0.3, -0.25) is 14.4 Å². The number of rotatable bonds is 5. The Labute approximate surface area is 228 Å². The maximum absolute atomic E-state index is 14.1. The summed E-state index contributed by atoms with van der Waals surface area (Å²) in [6, 6.07) is 11.9. The van der Waals surface area contributed by atoms with Crippen molar-refractivity contribution >= 4 is 63.0 Å². The third-order valence-corrected chi connectivity index (χ3v) is 8.55. The van der Waals surface area contributed by atoms with Crippen LogP contribution in [0.2, 0.25) is 10.0 Å². The van der Waals surface area contributed by atoms with Gasteiger partial charge < -0.3 is 4.74 Å². The molecule has 192 valence electrons. The van der Waals surface area contributed by atoms with E-state index in [4.69, 9.17) is 32.8 Å². The maximum atomic E-state index is 14.1. The van der Waals surface area contributed by atoms with Crippen molar-refractivity contribution in [3.8, 4) is 0 Å². The molecular weight excluding hydrogens is 535 g/mol. The first-order chi connectivity index (χ1) is 17.6. The summed E-state index contributed by atoms with van der Waals surface area (Å²) in [7, 11) is 0. The van der Waals surface area contributed by atoms with Crippen LogP contribution in [0, 0.1) is 26.7 Å². The smallest absolute Gasteiger partial charge is 0.341 e. The summed E-state index contributed by atoms with van der Waals surface area (Å²) in [6.45, 7) is 7.42. The highest BCUT2D eigenvalue weighted by molar-refractivity contribution is 7.17. The van der Waals surface area contributed by atoms with E-state index < -0.39 is 35.8 Å². The van der Waals surface area contributed by atoms with Gasteiger partial charge in [-0.25, -0.2) is 14.8 Å². The first-order valence-electron chi connectivity index (χ1n) is 11.8. The van der Waals surface area contributed by atoms with Crippen molar-refractivity contribution in [3.63, 3.8) is 0 Å². The molecule has 2 aromatic carbocycles. The lowest BCUT2D eigenvalue weighted by Gasteiger charge is -2.30. The summed E-state index contributed by atoms with van der Waals surface area (Å²) in [5.74, 6) is -2.47. The van der Waals surface area contributed by atoms with E-state index in [9.17, 15) is 14.4 Å². The third-order valence-electron chi connectivity index (χ3n) is 6.80. The topological polar surface area (TPSA) is 76.2 Å². The number of hydrogen-bond acceptors (Lipinski definition) is 7. The minimum atomic E-state index is -1.10. The molecule has 2 aliphatic heterocycles. The highest BCUT2D eigenvalue weighted by Gasteiger charge is 2.61. The van der Waals surface area contributed by atoms with E-state index in [1.165, 1.54) is 11.3 Å². The molecule has 0 bridgehead atoms. The van der Waals surface area contributed by atoms with Gasteiger partial charge in [0.25, 0.3) is 5.91 Å². The van der Waals surface area contributed by atoms with Crippen molar-refractivity contribution < 1.29 is 24.0 Å². The number of hydroxylamine groups is 1. The Morgan fingerprint density at radius 2 is 1.81 bits per heavy atom. The standard InChI is InChI=1S/C27H24Cl2N2O5S/c1-5-35-27(34)20-14(3)15(4)37-26(20)30-24(32)21-22(17-11-10-16(28)12-18(17)29)31(36-23(21)25(30)33)19-9-7-6-8-13(19)2/h6-12,21-23H,5H2,1-4H3/t21-,22-,23-/m1/s1. The number of nitrogens with zero attached hydrogens (tertiary/aromatic N) is 2. The summed E-state index contributed by atoms with van der Waals surface area (Å²) in [5.41, 5.74) is 3.13. The number of benzene rings is 2. The summed E-state index contributed by atoms with van der Waals surface area (Å²) in [6.07, 6.45) is -1.10. The molecule has 5 rings (SSSR count). The Kier molecular flexibility index (Phi) is 6.79. The maximum Gasteiger partial charge on any atom is 0.341 e. The molecule has 10 heteroatoms. The van der Waals surface area contributed by atoms with Gasteiger partial charge >= 0.3 is 5.97 Å². The Bertz CT molecular complexity index is 1440. The normalized spacial score (nSPS) is 21.1. The lowest BCUT2D eigenvalue weighted by molar-refractivity contribution is -0.126. The van der Waals surface area contributed by atoms with Crippen LogP contribution in [0.25, 0.3) is 0 Å². The van der Waals surface area contributed by atoms with Crippen LogP contribution >= 0.6 is 34.5 Å². The second-order valence-electron chi connectivity index (χ2n) is 8.97. The van der Waals surface area contributed by atoms with Gasteiger partial charge in [-0.15, -0.1) is 11.3 Å². The zero-order valence-electron chi connectivity index (χ0n) is 20.6. The quantitative estimate of drug-likeness (QED) is 0.274. The minimum absolute atomic E-state index is 0.172. The van der Waals surface area contributed by atoms with Crippen molar-refractivity contribution in [2.24, 2.45) is 5.92 Å². The van der Waals surface area contributed by atoms with Crippen LogP contribution in [-0.4, -0.2) is 30.5 Å². The second-order valence-corrected chi connectivity index (χ2v) is 11.0. The molecule has 0 radical (unpaired) electrons. The van der Waals surface area contributed by atoms with Crippen molar-refractivity contribution in [2.45, 2.75) is 39.8 Å². The number of anilines is 2. The van der Waals surface area contributed by atoms with E-state index in [0.29, 0.717) is 21.2 Å². The van der Waals surface area contributed by atoms with E-state index in [1.807, 2.05) is 38.1 Å². The Balaban J connectivity index is 1.63. The van der Waals surface area contributed by atoms with E-state index in [1.54, 1.807) is 37.1 Å². The fourth-order valence-corrected chi connectivity index (χ4v) is 6.58. The largest absolute Gasteiger partial charge is 0.462 e. The van der Waals surface area contributed by atoms with Crippen molar-refractivity contribution in [3.05, 3.63) is 79.6 Å². The molecule has 0 spiro atoms. The molecule has 7 nitrogen and oxygen atoms in total. The van der Waals surface area contributed by atoms with Crippen LogP contribution in [0.5, 0.6) is 0 Å². The van der Waals surface area contributed by atoms with Crippen molar-refractivity contribution in [2.75, 3.05) is 16.6 Å². The van der Waals surface area contributed by atoms with E-state index >= 15 is 0 Å². The number of para-hydroxylation sites is 1. The van der Waals surface area contributed by atoms with E-state index in [0.717, 1.165) is 21.0 Å². The summed E-state index contributed by atoms with van der Waals surface area (Å²) < 4.78 is 5.24. The lowest BCUT2D eigenvalue weighted by Crippen LogP contribution is -2.38. The van der Waals surface area contributed by atoms with Crippen LogP contribution in [0.15, 0.2) is 42.5 Å². The number of halogens is 2. The predicted molar refractivity (Wildman–Crippen MR) is 143 cm³/mol. The number of thiophene rings is 1. The molecule has 3 aromatic rings. The molecule has 1 aromatic heterocycles. The average molecular weight is 559 g/mol. The molecule has 3 atom stereocenters. The molecule has 3 heterocycles. The molecule has 0 aliphatic carbocycles. The van der Waals surface area contributed by atoms with Crippen LogP contribution in [0.4, 0.5) is 10.7 Å². The number of hydrogen-bond donors (Lipinski definition) is 0. The van der Waals surface area contributed by atoms with Gasteiger partial charge in [0, 0.05) is 14.9 Å². The van der Waals surface area contributed by atoms with Gasteiger partial charge in [0.05, 0.1) is 23.9 Å². The fraction of sp³-hybridized carbons (Fsp3) is 0.296. The number of fused-ring (bicyclic) bond motifs is 1. The number of esters is 1. The second kappa shape index (κ2) is 9.76. The zero-order valence-corrected chi connectivity index (χ0v) is 22.9. The number of imide groups is 1. The monoisotopic (exact) mass is 558 g/mol. The number of carbonyl (C=O) groups is 3. The van der Waals surface area contributed by atoms with Gasteiger partial charge in [-0.1, -0.05) is 47.5 Å². The minimum Gasteiger partial charge on any atom is -0.462 e. The number of carbonyl (C=O) groups excluding carboxylic acids is 3. The summed E-state index contributed by atoms with van der Waals surface area (Å²) in [4.78, 5) is 48.8. The van der Waals surface area contributed by atoms with Crippen LogP contribution in [0.1, 0.15) is 44.9 Å². The zero-order chi connectivity index (χ0) is 26.6. The molecule has 0 saturated carbocycles. The van der Waals surface area contributed by atoms with Crippen LogP contribution in [-0.2, 0) is 19.2 Å². The van der Waals surface area contributed by atoms with Gasteiger partial charge in [0.1, 0.15) is 10.9 Å². The summed E-state index contributed by atoms with van der Waals surface area (Å²) >= 11 is 14.0. The molecule has 2 saturated heterocycles. The lowest BCUT2D eigenvalue weighted by atomic mass is 9.90. The van der Waals surface area contributed by atoms with Crippen LogP contribution in [0.3, 0.4) is 0 Å². The van der Waals surface area contributed by atoms with Gasteiger partial charge in [-0.05, 0) is 62.6 Å². The molecule has 2 amide bonds. The molecule has 37 heavy (non-hydrogen) atoms. The van der Waals surface area contributed by atoms with Crippen LogP contribution < -0.4 is 9.96 Å². The fourth-order valence-electron chi connectivity index (χ4n) is 4.90. The van der Waals surface area contributed by atoms with Gasteiger partial charge in [0.2, 0.25) is 5.91 Å². The molecule has 0 unspecified atom stereocenters. The summed E-state index contributed by atoms with van der Waals surface area (Å²) in [5, 5.41) is 2.66.